The number of rotatable bonds is 6. The predicted octanol–water partition coefficient (Wildman–Crippen LogP) is 1.88. The van der Waals surface area contributed by atoms with Gasteiger partial charge in [-0.15, -0.1) is 0 Å². The van der Waals surface area contributed by atoms with Crippen molar-refractivity contribution in [2.45, 2.75) is 46.1 Å². The number of hydrogen-bond donors (Lipinski definition) is 1. The highest BCUT2D eigenvalue weighted by Gasteiger charge is 2.42. The third-order valence-electron chi connectivity index (χ3n) is 4.27. The first kappa shape index (κ1) is 16.6. The zero-order valence-electron chi connectivity index (χ0n) is 13.9. The lowest BCUT2D eigenvalue weighted by atomic mass is 9.87. The van der Waals surface area contributed by atoms with Gasteiger partial charge in [-0.1, -0.05) is 0 Å². The highest BCUT2D eigenvalue weighted by Crippen LogP contribution is 2.38. The average molecular weight is 297 g/mol. The maximum atomic E-state index is 5.60. The molecule has 2 heterocycles. The van der Waals surface area contributed by atoms with Gasteiger partial charge in [0, 0.05) is 44.8 Å². The number of hydrogen-bond acceptors (Lipinski definition) is 3. The molecule has 21 heavy (non-hydrogen) atoms. The first-order chi connectivity index (χ1) is 10.2. The minimum atomic E-state index is 0.308. The summed E-state index contributed by atoms with van der Waals surface area (Å²) in [7, 11) is 0. The Labute approximate surface area is 129 Å². The average Bonchev–Trinajstić information content (AvgIpc) is 3.08. The third-order valence-corrected chi connectivity index (χ3v) is 4.27. The summed E-state index contributed by atoms with van der Waals surface area (Å²) in [5.74, 6) is 1.06. The van der Waals surface area contributed by atoms with Crippen LogP contribution >= 0.6 is 0 Å². The number of guanidine groups is 1. The highest BCUT2D eigenvalue weighted by atomic mass is 16.5. The van der Waals surface area contributed by atoms with E-state index in [1.165, 1.54) is 12.8 Å². The third kappa shape index (κ3) is 4.85. The molecule has 0 saturated carbocycles. The summed E-state index contributed by atoms with van der Waals surface area (Å²) in [5.41, 5.74) is 0.386. The van der Waals surface area contributed by atoms with Gasteiger partial charge < -0.3 is 19.7 Å². The van der Waals surface area contributed by atoms with Gasteiger partial charge in [0.15, 0.2) is 5.96 Å². The lowest BCUT2D eigenvalue weighted by Crippen LogP contribution is -2.41. The van der Waals surface area contributed by atoms with Crippen molar-refractivity contribution in [2.75, 3.05) is 46.0 Å². The molecule has 0 aliphatic carbocycles. The van der Waals surface area contributed by atoms with Crippen LogP contribution in [0.4, 0.5) is 0 Å². The molecule has 5 heteroatoms. The van der Waals surface area contributed by atoms with Gasteiger partial charge in [-0.2, -0.15) is 0 Å². The molecule has 2 saturated heterocycles. The molecule has 1 unspecified atom stereocenters. The molecule has 1 atom stereocenters. The van der Waals surface area contributed by atoms with Crippen molar-refractivity contribution in [3.8, 4) is 0 Å². The quantitative estimate of drug-likeness (QED) is 0.462. The van der Waals surface area contributed by atoms with Crippen LogP contribution in [0.15, 0.2) is 4.99 Å². The number of nitrogens with one attached hydrogen (secondary N) is 1. The fraction of sp³-hybridized carbons (Fsp3) is 0.938. The van der Waals surface area contributed by atoms with Crippen LogP contribution in [0.5, 0.6) is 0 Å². The fourth-order valence-corrected chi connectivity index (χ4v) is 3.08. The monoisotopic (exact) mass is 297 g/mol. The molecule has 5 nitrogen and oxygen atoms in total. The minimum Gasteiger partial charge on any atom is -0.381 e. The largest absolute Gasteiger partial charge is 0.381 e. The van der Waals surface area contributed by atoms with Crippen LogP contribution in [-0.4, -0.2) is 63.0 Å². The van der Waals surface area contributed by atoms with Crippen molar-refractivity contribution in [2.24, 2.45) is 10.4 Å². The number of likely N-dealkylation sites (tertiary alicyclic amines) is 1. The first-order valence-electron chi connectivity index (χ1n) is 8.38. The van der Waals surface area contributed by atoms with Crippen LogP contribution in [0, 0.1) is 5.41 Å². The van der Waals surface area contributed by atoms with Crippen molar-refractivity contribution in [3.05, 3.63) is 0 Å². The van der Waals surface area contributed by atoms with E-state index in [1.807, 2.05) is 0 Å². The molecule has 0 amide bonds. The van der Waals surface area contributed by atoms with Gasteiger partial charge in [0.1, 0.15) is 0 Å². The molecule has 0 radical (unpaired) electrons. The molecule has 2 fully saturated rings. The smallest absolute Gasteiger partial charge is 0.193 e. The second kappa shape index (κ2) is 7.99. The topological polar surface area (TPSA) is 46.1 Å². The van der Waals surface area contributed by atoms with E-state index in [0.717, 1.165) is 58.4 Å². The second-order valence-corrected chi connectivity index (χ2v) is 6.48. The minimum absolute atomic E-state index is 0.308. The lowest BCUT2D eigenvalue weighted by Gasteiger charge is -2.25. The van der Waals surface area contributed by atoms with E-state index in [2.05, 4.69) is 31.0 Å². The molecule has 0 aromatic rings. The summed E-state index contributed by atoms with van der Waals surface area (Å²) in [4.78, 5) is 7.16. The van der Waals surface area contributed by atoms with E-state index in [1.54, 1.807) is 0 Å². The Kier molecular flexibility index (Phi) is 6.30. The number of ether oxygens (including phenoxy) is 2. The number of nitrogens with zero attached hydrogens (tertiary/aromatic N) is 2. The van der Waals surface area contributed by atoms with Gasteiger partial charge in [0.25, 0.3) is 0 Å². The Morgan fingerprint density at radius 2 is 2.29 bits per heavy atom. The second-order valence-electron chi connectivity index (χ2n) is 6.48. The number of aliphatic imine (C=N–C) groups is 1. The molecule has 2 aliphatic heterocycles. The molecule has 0 aromatic heterocycles. The summed E-state index contributed by atoms with van der Waals surface area (Å²) in [6.07, 6.45) is 3.72. The Morgan fingerprint density at radius 3 is 2.95 bits per heavy atom. The van der Waals surface area contributed by atoms with Crippen LogP contribution in [0.25, 0.3) is 0 Å². The molecule has 1 spiro atoms. The van der Waals surface area contributed by atoms with Crippen molar-refractivity contribution < 1.29 is 9.47 Å². The maximum Gasteiger partial charge on any atom is 0.193 e. The SMILES string of the molecule is CCNC(=NCCCOC(C)C)N1CCC2(CCOC2)C1. The predicted molar refractivity (Wildman–Crippen MR) is 85.7 cm³/mol. The van der Waals surface area contributed by atoms with Gasteiger partial charge in [-0.3, -0.25) is 4.99 Å². The van der Waals surface area contributed by atoms with Crippen LogP contribution in [-0.2, 0) is 9.47 Å². The molecule has 1 N–H and O–H groups in total. The lowest BCUT2D eigenvalue weighted by molar-refractivity contribution is 0.0782. The van der Waals surface area contributed by atoms with E-state index in [-0.39, 0.29) is 0 Å². The summed E-state index contributed by atoms with van der Waals surface area (Å²) in [5, 5.41) is 3.42. The van der Waals surface area contributed by atoms with Crippen molar-refractivity contribution >= 4 is 5.96 Å². The van der Waals surface area contributed by atoms with Crippen molar-refractivity contribution in [3.63, 3.8) is 0 Å². The van der Waals surface area contributed by atoms with Crippen molar-refractivity contribution in [1.82, 2.24) is 10.2 Å². The van der Waals surface area contributed by atoms with Gasteiger partial charge in [0.05, 0.1) is 12.7 Å². The molecular formula is C16H31N3O2. The Hall–Kier alpha value is -0.810. The summed E-state index contributed by atoms with van der Waals surface area (Å²) >= 11 is 0. The summed E-state index contributed by atoms with van der Waals surface area (Å²) in [6, 6.07) is 0. The zero-order valence-corrected chi connectivity index (χ0v) is 13.9. The van der Waals surface area contributed by atoms with Crippen LogP contribution in [0.1, 0.15) is 40.0 Å². The van der Waals surface area contributed by atoms with Crippen LogP contribution in [0.3, 0.4) is 0 Å². The standard InChI is InChI=1S/C16H31N3O2/c1-4-17-15(18-8-5-10-21-14(2)3)19-9-6-16(12-19)7-11-20-13-16/h14H,4-13H2,1-3H3,(H,17,18). The highest BCUT2D eigenvalue weighted by molar-refractivity contribution is 5.80. The van der Waals surface area contributed by atoms with Crippen LogP contribution in [0.2, 0.25) is 0 Å². The fourth-order valence-electron chi connectivity index (χ4n) is 3.08. The van der Waals surface area contributed by atoms with Crippen molar-refractivity contribution in [1.29, 1.82) is 0 Å². The van der Waals surface area contributed by atoms with Crippen LogP contribution < -0.4 is 5.32 Å². The summed E-state index contributed by atoms with van der Waals surface area (Å²) in [6.45, 7) is 12.8. The normalized spacial score (nSPS) is 26.3. The van der Waals surface area contributed by atoms with E-state index < -0.39 is 0 Å². The first-order valence-corrected chi connectivity index (χ1v) is 8.38. The molecule has 0 bridgehead atoms. The molecule has 122 valence electrons. The van der Waals surface area contributed by atoms with E-state index in [9.17, 15) is 0 Å². The summed E-state index contributed by atoms with van der Waals surface area (Å²) < 4.78 is 11.2. The molecule has 0 aromatic carbocycles. The zero-order chi connectivity index (χ0) is 15.1. The molecule has 2 rings (SSSR count). The van der Waals surface area contributed by atoms with E-state index >= 15 is 0 Å². The Balaban J connectivity index is 1.81. The molecule has 2 aliphatic rings. The molecular weight excluding hydrogens is 266 g/mol. The van der Waals surface area contributed by atoms with Gasteiger partial charge in [0.2, 0.25) is 0 Å². The Morgan fingerprint density at radius 1 is 1.43 bits per heavy atom. The van der Waals surface area contributed by atoms with Gasteiger partial charge in [-0.05, 0) is 40.0 Å². The van der Waals surface area contributed by atoms with Gasteiger partial charge >= 0.3 is 0 Å². The van der Waals surface area contributed by atoms with Gasteiger partial charge in [-0.25, -0.2) is 0 Å². The van der Waals surface area contributed by atoms with E-state index in [4.69, 9.17) is 14.5 Å². The Bertz CT molecular complexity index is 338. The van der Waals surface area contributed by atoms with E-state index in [0.29, 0.717) is 11.5 Å². The maximum absolute atomic E-state index is 5.60.